The second kappa shape index (κ2) is 6.50. The highest BCUT2D eigenvalue weighted by atomic mass is 127. The quantitative estimate of drug-likeness (QED) is 0.431. The van der Waals surface area contributed by atoms with Crippen LogP contribution < -0.4 is 4.74 Å². The first-order valence-electron chi connectivity index (χ1n) is 5.07. The van der Waals surface area contributed by atoms with Crippen molar-refractivity contribution in [1.82, 2.24) is 4.98 Å². The molecule has 0 radical (unpaired) electrons. The van der Waals surface area contributed by atoms with Gasteiger partial charge in [-0.25, -0.2) is 18.6 Å². The fourth-order valence-corrected chi connectivity index (χ4v) is 1.87. The maximum atomic E-state index is 12.6. The van der Waals surface area contributed by atoms with E-state index in [-0.39, 0.29) is 10.2 Å². The van der Waals surface area contributed by atoms with Crippen molar-refractivity contribution in [2.24, 2.45) is 0 Å². The summed E-state index contributed by atoms with van der Waals surface area (Å²) in [4.78, 5) is 14.7. The molecule has 1 rings (SSSR count). The number of pyridine rings is 1. The molecule has 20 heavy (non-hydrogen) atoms. The predicted molar refractivity (Wildman–Crippen MR) is 64.6 cm³/mol. The standard InChI is InChI=1S/C10H7F5INO3/c1-2-19-9(18)6-7(20-10(13,14)15)4(16)3-5(17-6)8(11)12/h3,8H,2H2,1H3. The lowest BCUT2D eigenvalue weighted by Gasteiger charge is -2.14. The summed E-state index contributed by atoms with van der Waals surface area (Å²) in [6, 6.07) is 0.703. The minimum atomic E-state index is -5.09. The molecule has 0 unspecified atom stereocenters. The minimum absolute atomic E-state index is 0.151. The van der Waals surface area contributed by atoms with E-state index >= 15 is 0 Å². The van der Waals surface area contributed by atoms with Crippen LogP contribution in [-0.4, -0.2) is 23.9 Å². The molecular weight excluding hydrogens is 404 g/mol. The Balaban J connectivity index is 3.36. The van der Waals surface area contributed by atoms with E-state index in [1.54, 1.807) is 0 Å². The molecule has 0 saturated heterocycles. The molecule has 1 heterocycles. The molecule has 0 fully saturated rings. The van der Waals surface area contributed by atoms with Crippen molar-refractivity contribution in [1.29, 1.82) is 0 Å². The predicted octanol–water partition coefficient (Wildman–Crippen LogP) is 3.70. The number of alkyl halides is 5. The average Bonchev–Trinajstić information content (AvgIpc) is 2.29. The van der Waals surface area contributed by atoms with Gasteiger partial charge in [-0.15, -0.1) is 13.2 Å². The number of carbonyl (C=O) groups excluding carboxylic acids is 1. The summed E-state index contributed by atoms with van der Waals surface area (Å²) >= 11 is 1.34. The molecule has 0 amide bonds. The van der Waals surface area contributed by atoms with E-state index in [4.69, 9.17) is 0 Å². The van der Waals surface area contributed by atoms with Gasteiger partial charge in [0.15, 0.2) is 11.4 Å². The number of rotatable bonds is 4. The molecule has 0 saturated carbocycles. The Hall–Kier alpha value is -1.20. The SMILES string of the molecule is CCOC(=O)c1nc(C(F)F)cc(I)c1OC(F)(F)F. The molecule has 1 aromatic rings. The number of ether oxygens (including phenoxy) is 2. The van der Waals surface area contributed by atoms with Gasteiger partial charge in [0.2, 0.25) is 0 Å². The van der Waals surface area contributed by atoms with Crippen LogP contribution in [0.2, 0.25) is 0 Å². The van der Waals surface area contributed by atoms with Crippen LogP contribution in [0.5, 0.6) is 5.75 Å². The zero-order valence-corrected chi connectivity index (χ0v) is 12.0. The van der Waals surface area contributed by atoms with Crippen molar-refractivity contribution < 1.29 is 36.2 Å². The first kappa shape index (κ1) is 16.9. The van der Waals surface area contributed by atoms with Gasteiger partial charge in [0, 0.05) is 0 Å². The van der Waals surface area contributed by atoms with Gasteiger partial charge >= 0.3 is 12.3 Å². The lowest BCUT2D eigenvalue weighted by atomic mass is 10.2. The third-order valence-electron chi connectivity index (χ3n) is 1.86. The van der Waals surface area contributed by atoms with Gasteiger partial charge in [-0.1, -0.05) is 0 Å². The van der Waals surface area contributed by atoms with Gasteiger partial charge in [0.1, 0.15) is 5.69 Å². The Morgan fingerprint density at radius 3 is 2.50 bits per heavy atom. The number of hydrogen-bond donors (Lipinski definition) is 0. The highest BCUT2D eigenvalue weighted by molar-refractivity contribution is 14.1. The first-order valence-corrected chi connectivity index (χ1v) is 6.15. The topological polar surface area (TPSA) is 48.4 Å². The zero-order valence-electron chi connectivity index (χ0n) is 9.80. The Morgan fingerprint density at radius 1 is 1.45 bits per heavy atom. The molecular formula is C10H7F5INO3. The molecule has 0 aliphatic rings. The van der Waals surface area contributed by atoms with Gasteiger partial charge < -0.3 is 9.47 Å². The number of nitrogens with zero attached hydrogens (tertiary/aromatic N) is 1. The van der Waals surface area contributed by atoms with Crippen LogP contribution in [0, 0.1) is 3.57 Å². The smallest absolute Gasteiger partial charge is 0.461 e. The maximum Gasteiger partial charge on any atom is 0.573 e. The molecule has 10 heteroatoms. The van der Waals surface area contributed by atoms with E-state index in [0.717, 1.165) is 0 Å². The fraction of sp³-hybridized carbons (Fsp3) is 0.400. The number of esters is 1. The summed E-state index contributed by atoms with van der Waals surface area (Å²) in [6.45, 7) is 1.26. The van der Waals surface area contributed by atoms with Crippen molar-refractivity contribution in [3.63, 3.8) is 0 Å². The fourth-order valence-electron chi connectivity index (χ4n) is 1.18. The molecule has 112 valence electrons. The van der Waals surface area contributed by atoms with Crippen molar-refractivity contribution in [3.8, 4) is 5.75 Å². The summed E-state index contributed by atoms with van der Waals surface area (Å²) in [5, 5.41) is 0. The van der Waals surface area contributed by atoms with Crippen molar-refractivity contribution in [3.05, 3.63) is 21.0 Å². The van der Waals surface area contributed by atoms with Crippen LogP contribution in [0.4, 0.5) is 22.0 Å². The third kappa shape index (κ3) is 4.42. The first-order chi connectivity index (χ1) is 9.15. The summed E-state index contributed by atoms with van der Waals surface area (Å²) in [5.74, 6) is -2.23. The van der Waals surface area contributed by atoms with Crippen LogP contribution in [0.25, 0.3) is 0 Å². The van der Waals surface area contributed by atoms with Gasteiger partial charge in [-0.2, -0.15) is 0 Å². The van der Waals surface area contributed by atoms with Crippen LogP contribution in [0.3, 0.4) is 0 Å². The molecule has 1 aromatic heterocycles. The summed E-state index contributed by atoms with van der Waals surface area (Å²) in [5.41, 5.74) is -1.78. The lowest BCUT2D eigenvalue weighted by molar-refractivity contribution is -0.275. The number of carbonyl (C=O) groups is 1. The second-order valence-corrected chi connectivity index (χ2v) is 4.44. The van der Waals surface area contributed by atoms with E-state index in [1.807, 2.05) is 0 Å². The van der Waals surface area contributed by atoms with Gasteiger partial charge in [-0.05, 0) is 35.6 Å². The molecule has 0 aliphatic carbocycles. The Morgan fingerprint density at radius 2 is 2.05 bits per heavy atom. The number of hydrogen-bond acceptors (Lipinski definition) is 4. The van der Waals surface area contributed by atoms with Crippen molar-refractivity contribution >= 4 is 28.6 Å². The molecule has 0 aromatic carbocycles. The van der Waals surface area contributed by atoms with Gasteiger partial charge in [-0.3, -0.25) is 0 Å². The van der Waals surface area contributed by atoms with E-state index in [0.29, 0.717) is 6.07 Å². The molecule has 0 bridgehead atoms. The highest BCUT2D eigenvalue weighted by Crippen LogP contribution is 2.33. The zero-order chi connectivity index (χ0) is 15.5. The van der Waals surface area contributed by atoms with Gasteiger partial charge in [0.25, 0.3) is 6.43 Å². The maximum absolute atomic E-state index is 12.6. The third-order valence-corrected chi connectivity index (χ3v) is 2.66. The number of aromatic nitrogens is 1. The monoisotopic (exact) mass is 411 g/mol. The molecule has 0 atom stereocenters. The van der Waals surface area contributed by atoms with E-state index < -0.39 is 35.9 Å². The van der Waals surface area contributed by atoms with E-state index in [9.17, 15) is 26.7 Å². The van der Waals surface area contributed by atoms with Crippen molar-refractivity contribution in [2.75, 3.05) is 6.61 Å². The second-order valence-electron chi connectivity index (χ2n) is 3.28. The largest absolute Gasteiger partial charge is 0.573 e. The summed E-state index contributed by atoms with van der Waals surface area (Å²) in [6.07, 6.45) is -8.13. The lowest BCUT2D eigenvalue weighted by Crippen LogP contribution is -2.22. The van der Waals surface area contributed by atoms with Crippen LogP contribution in [0.1, 0.15) is 29.5 Å². The number of halogens is 6. The Bertz CT molecular complexity index is 506. The minimum Gasteiger partial charge on any atom is -0.461 e. The summed E-state index contributed by atoms with van der Waals surface area (Å²) in [7, 11) is 0. The Labute approximate surface area is 123 Å². The molecule has 0 aliphatic heterocycles. The van der Waals surface area contributed by atoms with E-state index in [2.05, 4.69) is 14.5 Å². The van der Waals surface area contributed by atoms with Crippen LogP contribution in [-0.2, 0) is 4.74 Å². The van der Waals surface area contributed by atoms with Crippen LogP contribution in [0.15, 0.2) is 6.07 Å². The van der Waals surface area contributed by atoms with Crippen LogP contribution >= 0.6 is 22.6 Å². The van der Waals surface area contributed by atoms with E-state index in [1.165, 1.54) is 29.5 Å². The molecule has 0 spiro atoms. The normalized spacial score (nSPS) is 11.6. The van der Waals surface area contributed by atoms with Gasteiger partial charge in [0.05, 0.1) is 10.2 Å². The highest BCUT2D eigenvalue weighted by Gasteiger charge is 2.35. The van der Waals surface area contributed by atoms with Crippen molar-refractivity contribution in [2.45, 2.75) is 19.7 Å². The molecule has 0 N–H and O–H groups in total. The molecule has 4 nitrogen and oxygen atoms in total. The Kier molecular flexibility index (Phi) is 5.48. The summed E-state index contributed by atoms with van der Waals surface area (Å²) < 4.78 is 69.7. The average molecular weight is 411 g/mol.